The van der Waals surface area contributed by atoms with E-state index in [-0.39, 0.29) is 17.2 Å². The predicted octanol–water partition coefficient (Wildman–Crippen LogP) is 2.11. The molecule has 3 rings (SSSR count). The zero-order valence-corrected chi connectivity index (χ0v) is 15.9. The van der Waals surface area contributed by atoms with Crippen LogP contribution < -0.4 is 5.32 Å². The van der Waals surface area contributed by atoms with Crippen molar-refractivity contribution >= 4 is 29.0 Å². The first-order chi connectivity index (χ1) is 12.1. The molecule has 1 fully saturated rings. The quantitative estimate of drug-likeness (QED) is 0.735. The van der Waals surface area contributed by atoms with Crippen LogP contribution in [0.3, 0.4) is 0 Å². The van der Waals surface area contributed by atoms with Crippen LogP contribution in [-0.4, -0.2) is 59.1 Å². The third-order valence-electron chi connectivity index (χ3n) is 4.03. The van der Waals surface area contributed by atoms with Gasteiger partial charge in [0.1, 0.15) is 17.0 Å². The van der Waals surface area contributed by atoms with Gasteiger partial charge in [-0.2, -0.15) is 0 Å². The largest absolute Gasteiger partial charge is 0.465 e. The second-order valence-electron chi connectivity index (χ2n) is 5.82. The maximum Gasteiger partial charge on any atom is 0.233 e. The molecule has 9 heteroatoms. The molecule has 0 aromatic carbocycles. The van der Waals surface area contributed by atoms with E-state index in [1.807, 2.05) is 26.0 Å². The van der Waals surface area contributed by atoms with Crippen molar-refractivity contribution in [2.75, 3.05) is 32.8 Å². The first-order valence-corrected chi connectivity index (χ1v) is 9.98. The highest BCUT2D eigenvalue weighted by atomic mass is 32.2. The zero-order valence-electron chi connectivity index (χ0n) is 14.3. The van der Waals surface area contributed by atoms with Crippen LogP contribution in [0.5, 0.6) is 0 Å². The first kappa shape index (κ1) is 18.4. The molecule has 0 bridgehead atoms. The third kappa shape index (κ3) is 5.04. The van der Waals surface area contributed by atoms with Gasteiger partial charge in [0.25, 0.3) is 0 Å². The first-order valence-electron chi connectivity index (χ1n) is 8.22. The Hall–Kier alpha value is -1.42. The van der Waals surface area contributed by atoms with Gasteiger partial charge < -0.3 is 14.5 Å². The Labute approximate surface area is 155 Å². The second kappa shape index (κ2) is 8.79. The number of aromatic nitrogens is 2. The molecule has 0 saturated carbocycles. The standard InChI is InChI=1S/C16H22N4O3S2/c1-11-3-4-14(23-11)13(20-5-7-22-8-6-20)9-17-15(21)12(2)25-16-19-18-10-24-16/h3-4,10,12-13H,5-9H2,1-2H3,(H,17,21)/t12-,13+/m0/s1. The Morgan fingerprint density at radius 1 is 1.44 bits per heavy atom. The number of hydrogen-bond acceptors (Lipinski definition) is 8. The number of carbonyl (C=O) groups excluding carboxylic acids is 1. The molecule has 0 aliphatic carbocycles. The summed E-state index contributed by atoms with van der Waals surface area (Å²) in [7, 11) is 0. The van der Waals surface area contributed by atoms with Crippen LogP contribution in [0.1, 0.15) is 24.5 Å². The maximum atomic E-state index is 12.4. The minimum Gasteiger partial charge on any atom is -0.465 e. The molecule has 136 valence electrons. The molecule has 2 atom stereocenters. The highest BCUT2D eigenvalue weighted by molar-refractivity contribution is 8.02. The van der Waals surface area contributed by atoms with Crippen LogP contribution in [0.25, 0.3) is 0 Å². The van der Waals surface area contributed by atoms with Gasteiger partial charge in [-0.05, 0) is 26.0 Å². The molecule has 1 amide bonds. The number of aryl methyl sites for hydroxylation is 1. The fourth-order valence-electron chi connectivity index (χ4n) is 2.69. The average molecular weight is 383 g/mol. The Bertz CT molecular complexity index is 671. The molecule has 0 spiro atoms. The van der Waals surface area contributed by atoms with Crippen molar-refractivity contribution in [3.05, 3.63) is 29.2 Å². The van der Waals surface area contributed by atoms with Gasteiger partial charge in [-0.3, -0.25) is 9.69 Å². The maximum absolute atomic E-state index is 12.4. The van der Waals surface area contributed by atoms with Crippen LogP contribution in [0.2, 0.25) is 0 Å². The average Bonchev–Trinajstić information content (AvgIpc) is 3.28. The summed E-state index contributed by atoms with van der Waals surface area (Å²) >= 11 is 2.86. The molecule has 2 aromatic heterocycles. The molecular weight excluding hydrogens is 360 g/mol. The lowest BCUT2D eigenvalue weighted by Gasteiger charge is -2.33. The number of ether oxygens (including phenoxy) is 1. The van der Waals surface area contributed by atoms with Gasteiger partial charge in [-0.25, -0.2) is 0 Å². The van der Waals surface area contributed by atoms with Crippen molar-refractivity contribution in [3.8, 4) is 0 Å². The summed E-state index contributed by atoms with van der Waals surface area (Å²) < 4.78 is 12.1. The van der Waals surface area contributed by atoms with Crippen molar-refractivity contribution < 1.29 is 13.9 Å². The Kier molecular flexibility index (Phi) is 6.46. The van der Waals surface area contributed by atoms with Crippen LogP contribution in [-0.2, 0) is 9.53 Å². The summed E-state index contributed by atoms with van der Waals surface area (Å²) in [6, 6.07) is 3.96. The number of furan rings is 1. The lowest BCUT2D eigenvalue weighted by molar-refractivity contribution is -0.120. The van der Waals surface area contributed by atoms with E-state index in [4.69, 9.17) is 9.15 Å². The van der Waals surface area contributed by atoms with Crippen LogP contribution in [0.4, 0.5) is 0 Å². The highest BCUT2D eigenvalue weighted by Crippen LogP contribution is 2.26. The summed E-state index contributed by atoms with van der Waals surface area (Å²) in [5, 5.41) is 10.6. The predicted molar refractivity (Wildman–Crippen MR) is 96.8 cm³/mol. The Balaban J connectivity index is 1.60. The highest BCUT2D eigenvalue weighted by Gasteiger charge is 2.26. The van der Waals surface area contributed by atoms with Gasteiger partial charge in [0.15, 0.2) is 4.34 Å². The fourth-order valence-corrected chi connectivity index (χ4v) is 4.34. The smallest absolute Gasteiger partial charge is 0.233 e. The molecular formula is C16H22N4O3S2. The number of nitrogens with one attached hydrogen (secondary N) is 1. The summed E-state index contributed by atoms with van der Waals surface area (Å²) in [5.41, 5.74) is 1.67. The molecule has 0 radical (unpaired) electrons. The normalized spacial score (nSPS) is 18.0. The molecule has 1 aliphatic heterocycles. The summed E-state index contributed by atoms with van der Waals surface area (Å²) in [5.74, 6) is 1.74. The minimum atomic E-state index is -0.225. The van der Waals surface area contributed by atoms with E-state index in [1.165, 1.54) is 23.1 Å². The fraction of sp³-hybridized carbons (Fsp3) is 0.562. The molecule has 7 nitrogen and oxygen atoms in total. The SMILES string of the molecule is Cc1ccc([C@@H](CNC(=O)[C@H](C)Sc2nncs2)N2CCOCC2)o1. The monoisotopic (exact) mass is 382 g/mol. The number of thioether (sulfide) groups is 1. The zero-order chi connectivity index (χ0) is 17.6. The number of carbonyl (C=O) groups is 1. The third-order valence-corrected chi connectivity index (χ3v) is 5.94. The summed E-state index contributed by atoms with van der Waals surface area (Å²) in [4.78, 5) is 14.7. The number of nitrogens with zero attached hydrogens (tertiary/aromatic N) is 3. The van der Waals surface area contributed by atoms with E-state index in [0.29, 0.717) is 19.8 Å². The van der Waals surface area contributed by atoms with Gasteiger partial charge in [0, 0.05) is 19.6 Å². The number of morpholine rings is 1. The molecule has 1 N–H and O–H groups in total. The Morgan fingerprint density at radius 2 is 2.24 bits per heavy atom. The van der Waals surface area contributed by atoms with Gasteiger partial charge >= 0.3 is 0 Å². The van der Waals surface area contributed by atoms with E-state index in [1.54, 1.807) is 5.51 Å². The minimum absolute atomic E-state index is 0.0123. The molecule has 0 unspecified atom stereocenters. The number of rotatable bonds is 7. The van der Waals surface area contributed by atoms with Gasteiger partial charge in [0.2, 0.25) is 5.91 Å². The Morgan fingerprint density at radius 3 is 2.88 bits per heavy atom. The summed E-state index contributed by atoms with van der Waals surface area (Å²) in [6.45, 7) is 7.37. The van der Waals surface area contributed by atoms with Crippen molar-refractivity contribution in [1.29, 1.82) is 0 Å². The van der Waals surface area contributed by atoms with Crippen molar-refractivity contribution in [2.45, 2.75) is 29.5 Å². The van der Waals surface area contributed by atoms with Gasteiger partial charge in [-0.15, -0.1) is 10.2 Å². The van der Waals surface area contributed by atoms with Gasteiger partial charge in [-0.1, -0.05) is 23.1 Å². The van der Waals surface area contributed by atoms with Crippen molar-refractivity contribution in [1.82, 2.24) is 20.4 Å². The van der Waals surface area contributed by atoms with E-state index in [2.05, 4.69) is 20.4 Å². The van der Waals surface area contributed by atoms with Crippen LogP contribution in [0.15, 0.2) is 26.4 Å². The lowest BCUT2D eigenvalue weighted by atomic mass is 10.1. The topological polar surface area (TPSA) is 80.5 Å². The van der Waals surface area contributed by atoms with E-state index < -0.39 is 0 Å². The number of amides is 1. The second-order valence-corrected chi connectivity index (χ2v) is 8.24. The van der Waals surface area contributed by atoms with Crippen LogP contribution >= 0.6 is 23.1 Å². The molecule has 25 heavy (non-hydrogen) atoms. The van der Waals surface area contributed by atoms with Crippen molar-refractivity contribution in [2.24, 2.45) is 0 Å². The molecule has 3 heterocycles. The van der Waals surface area contributed by atoms with E-state index in [0.717, 1.165) is 28.9 Å². The molecule has 2 aromatic rings. The number of hydrogen-bond donors (Lipinski definition) is 1. The van der Waals surface area contributed by atoms with Gasteiger partial charge in [0.05, 0.1) is 24.5 Å². The van der Waals surface area contributed by atoms with E-state index >= 15 is 0 Å². The molecule has 1 saturated heterocycles. The van der Waals surface area contributed by atoms with Crippen LogP contribution in [0, 0.1) is 6.92 Å². The lowest BCUT2D eigenvalue weighted by Crippen LogP contribution is -2.44. The summed E-state index contributed by atoms with van der Waals surface area (Å²) in [6.07, 6.45) is 0. The van der Waals surface area contributed by atoms with Crippen molar-refractivity contribution in [3.63, 3.8) is 0 Å². The van der Waals surface area contributed by atoms with E-state index in [9.17, 15) is 4.79 Å². The molecule has 1 aliphatic rings.